The highest BCUT2D eigenvalue weighted by Crippen LogP contribution is 2.39. The predicted octanol–water partition coefficient (Wildman–Crippen LogP) is 1.65. The number of hydrogen-bond acceptors (Lipinski definition) is 8. The number of benzene rings is 1. The minimum absolute atomic E-state index is 0.00256. The van der Waals surface area contributed by atoms with Gasteiger partial charge >= 0.3 is 5.69 Å². The average molecular weight is 458 g/mol. The normalized spacial score (nSPS) is 13.2. The average Bonchev–Trinajstić information content (AvgIpc) is 3.65. The SMILES string of the molecule is COc1ccc(OC)c(NC(=O)CSc2nc(C3CC3)nc3c2c(=O)n(C)c(=O)n3C)c1. The second kappa shape index (κ2) is 8.65. The molecule has 1 N–H and O–H groups in total. The van der Waals surface area contributed by atoms with E-state index in [9.17, 15) is 14.4 Å². The lowest BCUT2D eigenvalue weighted by molar-refractivity contribution is -0.113. The molecule has 0 radical (unpaired) electrons. The molecule has 1 saturated carbocycles. The molecule has 2 heterocycles. The molecule has 1 aliphatic rings. The second-order valence-corrected chi connectivity index (χ2v) is 8.43. The molecule has 11 heteroatoms. The zero-order valence-corrected chi connectivity index (χ0v) is 19.0. The Hall–Kier alpha value is -3.34. The lowest BCUT2D eigenvalue weighted by atomic mass is 10.2. The van der Waals surface area contributed by atoms with Crippen molar-refractivity contribution in [3.05, 3.63) is 44.9 Å². The fraction of sp³-hybridized carbons (Fsp3) is 0.381. The van der Waals surface area contributed by atoms with Crippen LogP contribution in [-0.2, 0) is 18.9 Å². The van der Waals surface area contributed by atoms with E-state index in [1.165, 1.54) is 25.8 Å². The smallest absolute Gasteiger partial charge is 0.332 e. The summed E-state index contributed by atoms with van der Waals surface area (Å²) in [5.74, 6) is 1.59. The molecule has 32 heavy (non-hydrogen) atoms. The number of thioether (sulfide) groups is 1. The zero-order valence-electron chi connectivity index (χ0n) is 18.2. The fourth-order valence-electron chi connectivity index (χ4n) is 3.31. The molecule has 0 saturated heterocycles. The molecule has 2 aromatic heterocycles. The Morgan fingerprint density at radius 2 is 1.91 bits per heavy atom. The number of carbonyl (C=O) groups excluding carboxylic acids is 1. The summed E-state index contributed by atoms with van der Waals surface area (Å²) in [6.07, 6.45) is 1.93. The summed E-state index contributed by atoms with van der Waals surface area (Å²) in [5.41, 5.74) is -0.182. The zero-order chi connectivity index (χ0) is 23.0. The van der Waals surface area contributed by atoms with Gasteiger partial charge in [0.1, 0.15) is 27.7 Å². The number of rotatable bonds is 7. The molecule has 1 fully saturated rings. The largest absolute Gasteiger partial charge is 0.497 e. The van der Waals surface area contributed by atoms with Crippen LogP contribution in [0.2, 0.25) is 0 Å². The van der Waals surface area contributed by atoms with Gasteiger partial charge < -0.3 is 14.8 Å². The van der Waals surface area contributed by atoms with Crippen LogP contribution in [0.3, 0.4) is 0 Å². The number of carbonyl (C=O) groups is 1. The van der Waals surface area contributed by atoms with Crippen molar-refractivity contribution < 1.29 is 14.3 Å². The van der Waals surface area contributed by atoms with Crippen LogP contribution in [0.15, 0.2) is 32.8 Å². The van der Waals surface area contributed by atoms with Gasteiger partial charge in [0.2, 0.25) is 5.91 Å². The third kappa shape index (κ3) is 4.07. The van der Waals surface area contributed by atoms with E-state index in [2.05, 4.69) is 15.3 Å². The van der Waals surface area contributed by atoms with Crippen LogP contribution >= 0.6 is 11.8 Å². The number of nitrogens with zero attached hydrogens (tertiary/aromatic N) is 4. The van der Waals surface area contributed by atoms with E-state index in [1.54, 1.807) is 25.2 Å². The summed E-state index contributed by atoms with van der Waals surface area (Å²) >= 11 is 1.13. The van der Waals surface area contributed by atoms with Gasteiger partial charge in [0.25, 0.3) is 5.56 Å². The molecule has 10 nitrogen and oxygen atoms in total. The van der Waals surface area contributed by atoms with Crippen LogP contribution in [0.4, 0.5) is 5.69 Å². The van der Waals surface area contributed by atoms with Gasteiger partial charge in [0, 0.05) is 26.1 Å². The van der Waals surface area contributed by atoms with Gasteiger partial charge in [-0.2, -0.15) is 0 Å². The third-order valence-electron chi connectivity index (χ3n) is 5.25. The lowest BCUT2D eigenvalue weighted by Gasteiger charge is -2.13. The molecular formula is C21H23N5O5S. The molecule has 3 aromatic rings. The highest BCUT2D eigenvalue weighted by Gasteiger charge is 2.29. The van der Waals surface area contributed by atoms with Gasteiger partial charge in [-0.1, -0.05) is 11.8 Å². The second-order valence-electron chi connectivity index (χ2n) is 7.47. The van der Waals surface area contributed by atoms with Gasteiger partial charge in [0.15, 0.2) is 5.65 Å². The predicted molar refractivity (Wildman–Crippen MR) is 121 cm³/mol. The van der Waals surface area contributed by atoms with E-state index >= 15 is 0 Å². The summed E-state index contributed by atoms with van der Waals surface area (Å²) in [6.45, 7) is 0. The van der Waals surface area contributed by atoms with E-state index < -0.39 is 11.2 Å². The van der Waals surface area contributed by atoms with Crippen LogP contribution in [0.25, 0.3) is 11.0 Å². The Labute approximate surface area is 187 Å². The van der Waals surface area contributed by atoms with Crippen molar-refractivity contribution in [2.24, 2.45) is 14.1 Å². The van der Waals surface area contributed by atoms with Gasteiger partial charge in [-0.25, -0.2) is 14.8 Å². The van der Waals surface area contributed by atoms with Crippen LogP contribution in [-0.4, -0.2) is 45.0 Å². The number of methoxy groups -OCH3 is 2. The van der Waals surface area contributed by atoms with E-state index in [-0.39, 0.29) is 28.6 Å². The molecule has 0 bridgehead atoms. The van der Waals surface area contributed by atoms with Crippen molar-refractivity contribution in [1.82, 2.24) is 19.1 Å². The van der Waals surface area contributed by atoms with Gasteiger partial charge in [0.05, 0.1) is 25.7 Å². The van der Waals surface area contributed by atoms with E-state index in [0.29, 0.717) is 28.0 Å². The monoisotopic (exact) mass is 457 g/mol. The Morgan fingerprint density at radius 3 is 2.56 bits per heavy atom. The fourth-order valence-corrected chi connectivity index (χ4v) is 4.13. The number of aryl methyl sites for hydroxylation is 1. The van der Waals surface area contributed by atoms with Gasteiger partial charge in [-0.05, 0) is 25.0 Å². The molecule has 0 atom stereocenters. The summed E-state index contributed by atoms with van der Waals surface area (Å²) in [6, 6.07) is 5.10. The van der Waals surface area contributed by atoms with Crippen LogP contribution < -0.4 is 26.0 Å². The summed E-state index contributed by atoms with van der Waals surface area (Å²) < 4.78 is 12.9. The molecule has 0 aliphatic heterocycles. The highest BCUT2D eigenvalue weighted by atomic mass is 32.2. The highest BCUT2D eigenvalue weighted by molar-refractivity contribution is 8.00. The van der Waals surface area contributed by atoms with E-state index in [0.717, 1.165) is 29.2 Å². The maximum atomic E-state index is 12.8. The first-order valence-electron chi connectivity index (χ1n) is 9.96. The maximum Gasteiger partial charge on any atom is 0.332 e. The van der Waals surface area contributed by atoms with Gasteiger partial charge in [-0.15, -0.1) is 0 Å². The number of nitrogens with one attached hydrogen (secondary N) is 1. The summed E-state index contributed by atoms with van der Waals surface area (Å²) in [4.78, 5) is 46.9. The van der Waals surface area contributed by atoms with Crippen molar-refractivity contribution in [2.75, 3.05) is 25.3 Å². The van der Waals surface area contributed by atoms with Gasteiger partial charge in [-0.3, -0.25) is 18.7 Å². The molecule has 1 aliphatic carbocycles. The third-order valence-corrected chi connectivity index (χ3v) is 6.22. The minimum atomic E-state index is -0.483. The Bertz CT molecular complexity index is 1330. The number of aromatic nitrogens is 4. The first-order valence-corrected chi connectivity index (χ1v) is 10.9. The number of amides is 1. The summed E-state index contributed by atoms with van der Waals surface area (Å²) in [7, 11) is 6.03. The number of fused-ring (bicyclic) bond motifs is 1. The van der Waals surface area contributed by atoms with Crippen molar-refractivity contribution >= 4 is 34.4 Å². The Kier molecular flexibility index (Phi) is 5.92. The number of hydrogen-bond donors (Lipinski definition) is 1. The van der Waals surface area contributed by atoms with Crippen molar-refractivity contribution in [3.63, 3.8) is 0 Å². The topological polar surface area (TPSA) is 117 Å². The molecule has 0 spiro atoms. The molecule has 0 unspecified atom stereocenters. The van der Waals surface area contributed by atoms with Crippen LogP contribution in [0.1, 0.15) is 24.6 Å². The maximum absolute atomic E-state index is 12.8. The Morgan fingerprint density at radius 1 is 1.16 bits per heavy atom. The quantitative estimate of drug-likeness (QED) is 0.420. The minimum Gasteiger partial charge on any atom is -0.497 e. The van der Waals surface area contributed by atoms with Crippen LogP contribution in [0, 0.1) is 0 Å². The standard InChI is InChI=1S/C21H23N5O5S/c1-25-18-16(20(28)26(2)21(25)29)19(24-17(23-18)11-5-6-11)32-10-15(27)22-13-9-12(30-3)7-8-14(13)31-4/h7-9,11H,5-6,10H2,1-4H3,(H,22,27). The number of ether oxygens (including phenoxy) is 2. The van der Waals surface area contributed by atoms with Crippen LogP contribution in [0.5, 0.6) is 11.5 Å². The van der Waals surface area contributed by atoms with E-state index in [1.807, 2.05) is 0 Å². The van der Waals surface area contributed by atoms with E-state index in [4.69, 9.17) is 9.47 Å². The van der Waals surface area contributed by atoms with Crippen molar-refractivity contribution in [1.29, 1.82) is 0 Å². The Balaban J connectivity index is 1.65. The first-order chi connectivity index (χ1) is 15.3. The molecule has 168 valence electrons. The molecule has 1 aromatic carbocycles. The lowest BCUT2D eigenvalue weighted by Crippen LogP contribution is -2.37. The molecule has 4 rings (SSSR count). The molecule has 1 amide bonds. The number of anilines is 1. The summed E-state index contributed by atoms with van der Waals surface area (Å²) in [5, 5.41) is 3.43. The molecular weight excluding hydrogens is 434 g/mol. The first kappa shape index (κ1) is 21.9. The van der Waals surface area contributed by atoms with Crippen molar-refractivity contribution in [2.45, 2.75) is 23.8 Å². The van der Waals surface area contributed by atoms with Crippen molar-refractivity contribution in [3.8, 4) is 11.5 Å².